The Kier molecular flexibility index (Phi) is 4.97. The maximum absolute atomic E-state index is 11.0. The molecule has 1 aliphatic heterocycles. The zero-order chi connectivity index (χ0) is 13.7. The molecule has 0 N–H and O–H groups in total. The van der Waals surface area contributed by atoms with Gasteiger partial charge in [-0.1, -0.05) is 19.1 Å². The Balaban J connectivity index is 2.02. The fourth-order valence-corrected chi connectivity index (χ4v) is 2.86. The van der Waals surface area contributed by atoms with Gasteiger partial charge in [0.15, 0.2) is 0 Å². The van der Waals surface area contributed by atoms with Crippen molar-refractivity contribution in [3.63, 3.8) is 0 Å². The molecule has 1 saturated heterocycles. The lowest BCUT2D eigenvalue weighted by Gasteiger charge is -2.37. The van der Waals surface area contributed by atoms with Gasteiger partial charge in [0.25, 0.3) is 0 Å². The molecule has 3 nitrogen and oxygen atoms in total. The van der Waals surface area contributed by atoms with E-state index in [1.54, 1.807) is 7.11 Å². The molecule has 2 rings (SSSR count). The number of carbonyl (C=O) groups excluding carboxylic acids is 1. The summed E-state index contributed by atoms with van der Waals surface area (Å²) in [4.78, 5) is 13.4. The van der Waals surface area contributed by atoms with Crippen molar-refractivity contribution < 1.29 is 9.53 Å². The number of rotatable bonds is 5. The molecule has 0 amide bonds. The summed E-state index contributed by atoms with van der Waals surface area (Å²) >= 11 is 0. The topological polar surface area (TPSA) is 29.5 Å². The summed E-state index contributed by atoms with van der Waals surface area (Å²) in [5.74, 6) is 1.10. The Labute approximate surface area is 115 Å². The van der Waals surface area contributed by atoms with Crippen LogP contribution in [-0.4, -0.2) is 30.9 Å². The molecule has 0 radical (unpaired) electrons. The fourth-order valence-electron chi connectivity index (χ4n) is 2.86. The van der Waals surface area contributed by atoms with Gasteiger partial charge in [-0.05, 0) is 37.0 Å². The first-order valence-corrected chi connectivity index (χ1v) is 7.09. The van der Waals surface area contributed by atoms with E-state index in [9.17, 15) is 4.79 Å². The number of hydrogen-bond acceptors (Lipinski definition) is 3. The predicted octanol–water partition coefficient (Wildman–Crippen LogP) is 2.88. The molecule has 1 aromatic carbocycles. The number of benzene rings is 1. The minimum atomic E-state index is 0.209. The SMILES string of the molecule is CC[C@@H]1CC[C@@H](C=O)CN1Cc1ccc(OC)cc1. The van der Waals surface area contributed by atoms with E-state index >= 15 is 0 Å². The standard InChI is InChI=1S/C16H23NO2/c1-3-15-7-4-14(12-18)11-17(15)10-13-5-8-16(19-2)9-6-13/h5-6,8-9,12,14-15H,3-4,7,10-11H2,1-2H3/t14-,15-/m1/s1. The van der Waals surface area contributed by atoms with Crippen molar-refractivity contribution >= 4 is 6.29 Å². The average Bonchev–Trinajstić information content (AvgIpc) is 2.48. The molecule has 2 atom stereocenters. The molecule has 1 heterocycles. The van der Waals surface area contributed by atoms with Gasteiger partial charge in [-0.2, -0.15) is 0 Å². The molecule has 1 fully saturated rings. The first-order chi connectivity index (χ1) is 9.26. The van der Waals surface area contributed by atoms with Crippen LogP contribution >= 0.6 is 0 Å². The largest absolute Gasteiger partial charge is 0.497 e. The van der Waals surface area contributed by atoms with Crippen LogP contribution in [0.3, 0.4) is 0 Å². The van der Waals surface area contributed by atoms with Crippen molar-refractivity contribution in [2.75, 3.05) is 13.7 Å². The summed E-state index contributed by atoms with van der Waals surface area (Å²) in [6.45, 7) is 4.05. The first-order valence-electron chi connectivity index (χ1n) is 7.09. The average molecular weight is 261 g/mol. The Hall–Kier alpha value is -1.35. The molecule has 1 aromatic rings. The van der Waals surface area contributed by atoms with Gasteiger partial charge < -0.3 is 9.53 Å². The van der Waals surface area contributed by atoms with E-state index in [2.05, 4.69) is 24.0 Å². The van der Waals surface area contributed by atoms with E-state index < -0.39 is 0 Å². The summed E-state index contributed by atoms with van der Waals surface area (Å²) in [6, 6.07) is 8.82. The molecular formula is C16H23NO2. The Morgan fingerprint density at radius 2 is 2.05 bits per heavy atom. The van der Waals surface area contributed by atoms with Crippen LogP contribution in [0.25, 0.3) is 0 Å². The third-order valence-electron chi connectivity index (χ3n) is 4.06. The van der Waals surface area contributed by atoms with E-state index in [4.69, 9.17) is 4.74 Å². The van der Waals surface area contributed by atoms with Crippen molar-refractivity contribution in [3.8, 4) is 5.75 Å². The highest BCUT2D eigenvalue weighted by molar-refractivity contribution is 5.54. The second-order valence-corrected chi connectivity index (χ2v) is 5.31. The lowest BCUT2D eigenvalue weighted by atomic mass is 9.92. The van der Waals surface area contributed by atoms with Crippen LogP contribution in [0.4, 0.5) is 0 Å². The third-order valence-corrected chi connectivity index (χ3v) is 4.06. The van der Waals surface area contributed by atoms with Crippen LogP contribution in [0.5, 0.6) is 5.75 Å². The van der Waals surface area contributed by atoms with Gasteiger partial charge in [0.2, 0.25) is 0 Å². The normalized spacial score (nSPS) is 24.1. The molecule has 0 bridgehead atoms. The summed E-state index contributed by atoms with van der Waals surface area (Å²) in [5.41, 5.74) is 1.28. The van der Waals surface area contributed by atoms with E-state index in [1.807, 2.05) is 12.1 Å². The van der Waals surface area contributed by atoms with Crippen molar-refractivity contribution in [2.45, 2.75) is 38.8 Å². The summed E-state index contributed by atoms with van der Waals surface area (Å²) < 4.78 is 5.18. The number of aldehydes is 1. The Morgan fingerprint density at radius 3 is 2.63 bits per heavy atom. The van der Waals surface area contributed by atoms with E-state index in [-0.39, 0.29) is 5.92 Å². The number of piperidine rings is 1. The highest BCUT2D eigenvalue weighted by Gasteiger charge is 2.26. The molecule has 0 unspecified atom stereocenters. The molecule has 0 aromatic heterocycles. The molecule has 1 aliphatic rings. The van der Waals surface area contributed by atoms with Crippen molar-refractivity contribution in [1.29, 1.82) is 0 Å². The van der Waals surface area contributed by atoms with Gasteiger partial charge in [0.05, 0.1) is 7.11 Å². The molecule has 19 heavy (non-hydrogen) atoms. The lowest BCUT2D eigenvalue weighted by molar-refractivity contribution is -0.113. The van der Waals surface area contributed by atoms with Crippen LogP contribution in [0.1, 0.15) is 31.7 Å². The number of carbonyl (C=O) groups is 1. The quantitative estimate of drug-likeness (QED) is 0.763. The molecule has 0 aliphatic carbocycles. The fraction of sp³-hybridized carbons (Fsp3) is 0.562. The lowest BCUT2D eigenvalue weighted by Crippen LogP contribution is -2.42. The van der Waals surface area contributed by atoms with Gasteiger partial charge in [-0.15, -0.1) is 0 Å². The zero-order valence-corrected chi connectivity index (χ0v) is 11.8. The Morgan fingerprint density at radius 1 is 1.32 bits per heavy atom. The van der Waals surface area contributed by atoms with Gasteiger partial charge in [0.1, 0.15) is 12.0 Å². The highest BCUT2D eigenvalue weighted by Crippen LogP contribution is 2.25. The zero-order valence-electron chi connectivity index (χ0n) is 11.8. The van der Waals surface area contributed by atoms with Gasteiger partial charge in [-0.3, -0.25) is 4.90 Å². The second-order valence-electron chi connectivity index (χ2n) is 5.31. The minimum Gasteiger partial charge on any atom is -0.497 e. The van der Waals surface area contributed by atoms with E-state index in [0.717, 1.165) is 44.4 Å². The van der Waals surface area contributed by atoms with Crippen LogP contribution in [-0.2, 0) is 11.3 Å². The highest BCUT2D eigenvalue weighted by atomic mass is 16.5. The number of nitrogens with zero attached hydrogens (tertiary/aromatic N) is 1. The first kappa shape index (κ1) is 14.1. The van der Waals surface area contributed by atoms with Crippen LogP contribution in [0.2, 0.25) is 0 Å². The smallest absolute Gasteiger partial charge is 0.124 e. The Bertz CT molecular complexity index is 402. The van der Waals surface area contributed by atoms with Crippen molar-refractivity contribution in [1.82, 2.24) is 4.90 Å². The monoisotopic (exact) mass is 261 g/mol. The van der Waals surface area contributed by atoms with Gasteiger partial charge in [-0.25, -0.2) is 0 Å². The number of likely N-dealkylation sites (tertiary alicyclic amines) is 1. The number of ether oxygens (including phenoxy) is 1. The van der Waals surface area contributed by atoms with Crippen molar-refractivity contribution in [2.24, 2.45) is 5.92 Å². The summed E-state index contributed by atoms with van der Waals surface area (Å²) in [5, 5.41) is 0. The summed E-state index contributed by atoms with van der Waals surface area (Å²) in [7, 11) is 1.68. The van der Waals surface area contributed by atoms with Gasteiger partial charge in [0, 0.05) is 25.0 Å². The molecular weight excluding hydrogens is 238 g/mol. The van der Waals surface area contributed by atoms with Crippen LogP contribution in [0, 0.1) is 5.92 Å². The predicted molar refractivity (Wildman–Crippen MR) is 76.3 cm³/mol. The number of hydrogen-bond donors (Lipinski definition) is 0. The third kappa shape index (κ3) is 3.57. The molecule has 0 saturated carbocycles. The summed E-state index contributed by atoms with van der Waals surface area (Å²) in [6.07, 6.45) is 4.45. The van der Waals surface area contributed by atoms with Crippen molar-refractivity contribution in [3.05, 3.63) is 29.8 Å². The van der Waals surface area contributed by atoms with E-state index in [0.29, 0.717) is 6.04 Å². The minimum absolute atomic E-state index is 0.209. The second kappa shape index (κ2) is 6.71. The van der Waals surface area contributed by atoms with E-state index in [1.165, 1.54) is 5.56 Å². The maximum atomic E-state index is 11.0. The van der Waals surface area contributed by atoms with Gasteiger partial charge >= 0.3 is 0 Å². The number of methoxy groups -OCH3 is 1. The van der Waals surface area contributed by atoms with Crippen LogP contribution in [0.15, 0.2) is 24.3 Å². The molecule has 3 heteroatoms. The maximum Gasteiger partial charge on any atom is 0.124 e. The molecule has 104 valence electrons. The molecule has 0 spiro atoms. The van der Waals surface area contributed by atoms with Crippen LogP contribution < -0.4 is 4.74 Å².